The van der Waals surface area contributed by atoms with Gasteiger partial charge in [-0.25, -0.2) is 9.78 Å². The number of aromatic nitrogens is 3. The van der Waals surface area contributed by atoms with E-state index < -0.39 is 6.03 Å². The summed E-state index contributed by atoms with van der Waals surface area (Å²) in [7, 11) is 0. The summed E-state index contributed by atoms with van der Waals surface area (Å²) >= 11 is 1.21. The van der Waals surface area contributed by atoms with Gasteiger partial charge in [0.25, 0.3) is 0 Å². The van der Waals surface area contributed by atoms with Crippen molar-refractivity contribution in [2.75, 3.05) is 11.1 Å². The Morgan fingerprint density at radius 1 is 1.22 bits per heavy atom. The Bertz CT molecular complexity index is 814. The van der Waals surface area contributed by atoms with E-state index in [9.17, 15) is 9.59 Å². The first-order chi connectivity index (χ1) is 13.0. The van der Waals surface area contributed by atoms with Gasteiger partial charge in [0.05, 0.1) is 5.75 Å². The van der Waals surface area contributed by atoms with Gasteiger partial charge in [0.2, 0.25) is 11.1 Å². The van der Waals surface area contributed by atoms with E-state index in [1.165, 1.54) is 37.4 Å². The van der Waals surface area contributed by atoms with Gasteiger partial charge in [0.1, 0.15) is 5.82 Å². The van der Waals surface area contributed by atoms with Gasteiger partial charge < -0.3 is 5.32 Å². The maximum Gasteiger partial charge on any atom is 0.325 e. The van der Waals surface area contributed by atoms with Crippen molar-refractivity contribution in [2.24, 2.45) is 5.92 Å². The molecule has 1 aromatic carbocycles. The fraction of sp³-hybridized carbons (Fsp3) is 0.474. The first-order valence-electron chi connectivity index (χ1n) is 9.22. The number of nitrogens with zero attached hydrogens (tertiary/aromatic N) is 2. The minimum absolute atomic E-state index is 0.0844. The zero-order valence-corrected chi connectivity index (χ0v) is 16.5. The van der Waals surface area contributed by atoms with Crippen molar-refractivity contribution in [3.63, 3.8) is 0 Å². The average molecular weight is 388 g/mol. The maximum absolute atomic E-state index is 12.0. The smallest absolute Gasteiger partial charge is 0.308 e. The predicted molar refractivity (Wildman–Crippen MR) is 106 cm³/mol. The number of benzene rings is 1. The van der Waals surface area contributed by atoms with Crippen LogP contribution in [0.4, 0.5) is 10.5 Å². The Balaban J connectivity index is 1.41. The van der Waals surface area contributed by atoms with Gasteiger partial charge in [-0.3, -0.25) is 15.2 Å². The molecule has 0 aliphatic heterocycles. The van der Waals surface area contributed by atoms with Gasteiger partial charge in [0, 0.05) is 12.1 Å². The van der Waals surface area contributed by atoms with Crippen LogP contribution < -0.4 is 10.6 Å². The molecule has 8 heteroatoms. The molecule has 0 atom stereocenters. The summed E-state index contributed by atoms with van der Waals surface area (Å²) in [6.07, 6.45) is 6.01. The predicted octanol–water partition coefficient (Wildman–Crippen LogP) is 3.59. The third-order valence-electron chi connectivity index (χ3n) is 4.82. The number of urea groups is 1. The van der Waals surface area contributed by atoms with E-state index >= 15 is 0 Å². The van der Waals surface area contributed by atoms with Gasteiger partial charge in [-0.15, -0.1) is 5.10 Å². The quantitative estimate of drug-likeness (QED) is 0.658. The molecule has 0 spiro atoms. The second-order valence-corrected chi connectivity index (χ2v) is 7.95. The van der Waals surface area contributed by atoms with Crippen LogP contribution in [-0.4, -0.2) is 32.9 Å². The maximum atomic E-state index is 12.0. The number of anilines is 1. The van der Waals surface area contributed by atoms with Crippen LogP contribution in [-0.2, 0) is 11.2 Å². The van der Waals surface area contributed by atoms with E-state index in [1.807, 2.05) is 26.0 Å². The van der Waals surface area contributed by atoms with Gasteiger partial charge in [-0.1, -0.05) is 43.5 Å². The van der Waals surface area contributed by atoms with Crippen molar-refractivity contribution in [3.8, 4) is 0 Å². The minimum atomic E-state index is -0.541. The molecular formula is C19H25N5O2S. The summed E-state index contributed by atoms with van der Waals surface area (Å²) in [4.78, 5) is 28.3. The first-order valence-corrected chi connectivity index (χ1v) is 10.2. The highest BCUT2D eigenvalue weighted by molar-refractivity contribution is 7.99. The van der Waals surface area contributed by atoms with Crippen molar-refractivity contribution >= 4 is 29.4 Å². The molecule has 3 amide bonds. The van der Waals surface area contributed by atoms with Crippen LogP contribution in [0.2, 0.25) is 0 Å². The number of carbonyl (C=O) groups is 2. The number of thioether (sulfide) groups is 1. The molecule has 0 unspecified atom stereocenters. The number of nitrogens with one attached hydrogen (secondary N) is 3. The number of aryl methyl sites for hydroxylation is 2. The number of hydrogen-bond acceptors (Lipinski definition) is 5. The highest BCUT2D eigenvalue weighted by Gasteiger charge is 2.18. The topological polar surface area (TPSA) is 99.8 Å². The Labute approximate surface area is 163 Å². The first kappa shape index (κ1) is 19.4. The monoisotopic (exact) mass is 387 g/mol. The molecule has 1 saturated carbocycles. The largest absolute Gasteiger partial charge is 0.325 e. The Morgan fingerprint density at radius 2 is 2.00 bits per heavy atom. The van der Waals surface area contributed by atoms with Crippen molar-refractivity contribution in [1.29, 1.82) is 0 Å². The number of rotatable bonds is 6. The molecule has 1 aliphatic rings. The lowest BCUT2D eigenvalue weighted by molar-refractivity contribution is -0.117. The fourth-order valence-electron chi connectivity index (χ4n) is 3.20. The molecule has 1 fully saturated rings. The van der Waals surface area contributed by atoms with Crippen LogP contribution in [0.3, 0.4) is 0 Å². The van der Waals surface area contributed by atoms with E-state index in [-0.39, 0.29) is 11.7 Å². The summed E-state index contributed by atoms with van der Waals surface area (Å²) in [6, 6.07) is 5.06. The second-order valence-electron chi connectivity index (χ2n) is 7.01. The van der Waals surface area contributed by atoms with Gasteiger partial charge in [-0.2, -0.15) is 0 Å². The van der Waals surface area contributed by atoms with Crippen molar-refractivity contribution in [3.05, 3.63) is 35.2 Å². The van der Waals surface area contributed by atoms with E-state index in [1.54, 1.807) is 6.07 Å². The molecule has 2 aromatic rings. The molecule has 0 radical (unpaired) electrons. The third-order valence-corrected chi connectivity index (χ3v) is 5.67. The molecule has 3 N–H and O–H groups in total. The van der Waals surface area contributed by atoms with E-state index in [0.29, 0.717) is 16.8 Å². The molecule has 1 aromatic heterocycles. The van der Waals surface area contributed by atoms with Gasteiger partial charge >= 0.3 is 6.03 Å². The Morgan fingerprint density at radius 3 is 2.74 bits per heavy atom. The molecular weight excluding hydrogens is 362 g/mol. The summed E-state index contributed by atoms with van der Waals surface area (Å²) in [5.41, 5.74) is 2.88. The fourth-order valence-corrected chi connectivity index (χ4v) is 3.81. The summed E-state index contributed by atoms with van der Waals surface area (Å²) in [6.45, 7) is 3.97. The molecule has 1 aliphatic carbocycles. The molecule has 0 bridgehead atoms. The Hall–Kier alpha value is -2.35. The molecule has 0 saturated heterocycles. The summed E-state index contributed by atoms with van der Waals surface area (Å²) < 4.78 is 0. The van der Waals surface area contributed by atoms with Crippen LogP contribution in [0.15, 0.2) is 23.4 Å². The standard InChI is InChI=1S/C19H25N5O2S/c1-12-7-8-15(9-13(12)2)20-18(26)22-17(25)11-27-19-21-16(23-24-19)10-14-5-3-4-6-14/h7-9,14H,3-6,10-11H2,1-2H3,(H,21,23,24)(H2,20,22,25,26). The Kier molecular flexibility index (Phi) is 6.49. The lowest BCUT2D eigenvalue weighted by Crippen LogP contribution is -2.35. The average Bonchev–Trinajstić information content (AvgIpc) is 3.29. The van der Waals surface area contributed by atoms with Gasteiger partial charge in [0.15, 0.2) is 0 Å². The lowest BCUT2D eigenvalue weighted by atomic mass is 10.0. The van der Waals surface area contributed by atoms with E-state index in [4.69, 9.17) is 0 Å². The number of H-pyrrole nitrogens is 1. The summed E-state index contributed by atoms with van der Waals surface area (Å²) in [5.74, 6) is 1.26. The zero-order chi connectivity index (χ0) is 19.2. The zero-order valence-electron chi connectivity index (χ0n) is 15.7. The number of carbonyl (C=O) groups excluding carboxylic acids is 2. The van der Waals surface area contributed by atoms with Crippen LogP contribution in [0, 0.1) is 19.8 Å². The van der Waals surface area contributed by atoms with Crippen LogP contribution in [0.1, 0.15) is 42.6 Å². The molecule has 144 valence electrons. The SMILES string of the molecule is Cc1ccc(NC(=O)NC(=O)CSc2n[nH]c(CC3CCCC3)n2)cc1C. The normalized spacial score (nSPS) is 14.3. The highest BCUT2D eigenvalue weighted by Crippen LogP contribution is 2.27. The minimum Gasteiger partial charge on any atom is -0.308 e. The van der Waals surface area contributed by atoms with E-state index in [0.717, 1.165) is 23.4 Å². The number of imide groups is 1. The third kappa shape index (κ3) is 5.82. The number of amides is 3. The number of aromatic amines is 1. The highest BCUT2D eigenvalue weighted by atomic mass is 32.2. The lowest BCUT2D eigenvalue weighted by Gasteiger charge is -2.08. The number of hydrogen-bond donors (Lipinski definition) is 3. The van der Waals surface area contributed by atoms with Gasteiger partial charge in [-0.05, 0) is 43.0 Å². The molecule has 3 rings (SSSR count). The molecule has 7 nitrogen and oxygen atoms in total. The van der Waals surface area contributed by atoms with E-state index in [2.05, 4.69) is 25.8 Å². The van der Waals surface area contributed by atoms with Crippen molar-refractivity contribution in [2.45, 2.75) is 51.1 Å². The van der Waals surface area contributed by atoms with Crippen LogP contribution in [0.25, 0.3) is 0 Å². The summed E-state index contributed by atoms with van der Waals surface area (Å²) in [5, 5.41) is 12.6. The molecule has 27 heavy (non-hydrogen) atoms. The van der Waals surface area contributed by atoms with Crippen LogP contribution in [0.5, 0.6) is 0 Å². The van der Waals surface area contributed by atoms with Crippen LogP contribution >= 0.6 is 11.8 Å². The second kappa shape index (κ2) is 9.03. The van der Waals surface area contributed by atoms with Crippen molar-refractivity contribution < 1.29 is 9.59 Å². The van der Waals surface area contributed by atoms with Crippen molar-refractivity contribution in [1.82, 2.24) is 20.5 Å². The molecule has 1 heterocycles.